The molecule has 0 saturated carbocycles. The number of aryl methyl sites for hydroxylation is 1. The van der Waals surface area contributed by atoms with Crippen molar-refractivity contribution >= 4 is 23.2 Å². The molecule has 1 amide bonds. The average molecular weight is 311 g/mol. The maximum absolute atomic E-state index is 11.4. The first-order valence-corrected chi connectivity index (χ1v) is 8.23. The Morgan fingerprint density at radius 2 is 2.00 bits per heavy atom. The summed E-state index contributed by atoms with van der Waals surface area (Å²) < 4.78 is 0. The van der Waals surface area contributed by atoms with Crippen LogP contribution in [0.5, 0.6) is 0 Å². The van der Waals surface area contributed by atoms with Crippen LogP contribution in [-0.4, -0.2) is 43.0 Å². The number of nitrogens with one attached hydrogen (secondary N) is 3. The normalized spacial score (nSPS) is 11.3. The molecule has 6 nitrogen and oxygen atoms in total. The van der Waals surface area contributed by atoms with Crippen LogP contribution in [-0.2, 0) is 17.6 Å². The van der Waals surface area contributed by atoms with E-state index in [0.29, 0.717) is 12.5 Å². The van der Waals surface area contributed by atoms with Crippen LogP contribution in [0, 0.1) is 0 Å². The molecule has 0 saturated heterocycles. The van der Waals surface area contributed by atoms with Gasteiger partial charge in [-0.25, -0.2) is 9.98 Å². The third-order valence-corrected chi connectivity index (χ3v) is 3.88. The van der Waals surface area contributed by atoms with Crippen LogP contribution in [0.15, 0.2) is 11.2 Å². The first-order valence-electron chi connectivity index (χ1n) is 7.42. The van der Waals surface area contributed by atoms with Crippen LogP contribution in [0.2, 0.25) is 0 Å². The van der Waals surface area contributed by atoms with Crippen LogP contribution in [0.1, 0.15) is 30.7 Å². The molecule has 0 spiro atoms. The van der Waals surface area contributed by atoms with Crippen molar-refractivity contribution in [3.63, 3.8) is 0 Å². The molecule has 1 rings (SSSR count). The maximum Gasteiger partial charge on any atom is 0.241 e. The Hall–Kier alpha value is -1.63. The Balaban J connectivity index is 2.39. The van der Waals surface area contributed by atoms with Crippen LogP contribution in [0.3, 0.4) is 0 Å². The van der Waals surface area contributed by atoms with Gasteiger partial charge in [0.1, 0.15) is 6.54 Å². The smallest absolute Gasteiger partial charge is 0.241 e. The second-order valence-corrected chi connectivity index (χ2v) is 5.60. The first-order chi connectivity index (χ1) is 10.2. The average Bonchev–Trinajstić information content (AvgIpc) is 2.93. The fraction of sp³-hybridized carbons (Fsp3) is 0.643. The number of aromatic nitrogens is 1. The number of guanidine groups is 1. The van der Waals surface area contributed by atoms with Gasteiger partial charge < -0.3 is 16.0 Å². The standard InChI is InChI=1S/C14H25N5OS/c1-4-11-9-18-13(21-11)7-8-17-14(16-6-3)19-10-12(20)15-5-2/h9H,4-8,10H2,1-3H3,(H,15,20)(H2,16,17,19). The number of rotatable bonds is 8. The van der Waals surface area contributed by atoms with Crippen molar-refractivity contribution in [1.82, 2.24) is 20.9 Å². The van der Waals surface area contributed by atoms with Gasteiger partial charge in [0.05, 0.1) is 5.01 Å². The summed E-state index contributed by atoms with van der Waals surface area (Å²) in [5.41, 5.74) is 0. The lowest BCUT2D eigenvalue weighted by atomic mass is 10.4. The third kappa shape index (κ3) is 7.08. The quantitative estimate of drug-likeness (QED) is 0.493. The number of likely N-dealkylation sites (N-methyl/N-ethyl adjacent to an activating group) is 1. The van der Waals surface area contributed by atoms with Crippen LogP contribution in [0.4, 0.5) is 0 Å². The highest BCUT2D eigenvalue weighted by Gasteiger charge is 2.03. The van der Waals surface area contributed by atoms with E-state index in [1.807, 2.05) is 20.0 Å². The zero-order chi connectivity index (χ0) is 15.5. The SMILES string of the molecule is CCNC(=O)CN=C(NCC)NCCc1ncc(CC)s1. The van der Waals surface area contributed by atoms with Crippen LogP contribution in [0.25, 0.3) is 0 Å². The highest BCUT2D eigenvalue weighted by Crippen LogP contribution is 2.13. The van der Waals surface area contributed by atoms with Gasteiger partial charge in [-0.1, -0.05) is 6.92 Å². The topological polar surface area (TPSA) is 78.4 Å². The second kappa shape index (κ2) is 10.1. The second-order valence-electron chi connectivity index (χ2n) is 4.40. The minimum Gasteiger partial charge on any atom is -0.357 e. The minimum atomic E-state index is -0.0674. The monoisotopic (exact) mass is 311 g/mol. The largest absolute Gasteiger partial charge is 0.357 e. The van der Waals surface area contributed by atoms with E-state index < -0.39 is 0 Å². The molecule has 1 heterocycles. The Labute approximate surface area is 130 Å². The molecule has 1 aromatic heterocycles. The third-order valence-electron chi connectivity index (χ3n) is 2.68. The summed E-state index contributed by atoms with van der Waals surface area (Å²) in [4.78, 5) is 21.3. The summed E-state index contributed by atoms with van der Waals surface area (Å²) in [7, 11) is 0. The van der Waals surface area contributed by atoms with E-state index in [1.165, 1.54) is 4.88 Å². The molecule has 118 valence electrons. The van der Waals surface area contributed by atoms with Crippen molar-refractivity contribution in [2.75, 3.05) is 26.2 Å². The van der Waals surface area contributed by atoms with Crippen molar-refractivity contribution in [2.45, 2.75) is 33.6 Å². The van der Waals surface area contributed by atoms with E-state index in [0.717, 1.165) is 30.9 Å². The van der Waals surface area contributed by atoms with Gasteiger partial charge in [-0.15, -0.1) is 11.3 Å². The number of carbonyl (C=O) groups is 1. The number of carbonyl (C=O) groups excluding carboxylic acids is 1. The molecule has 0 aliphatic heterocycles. The highest BCUT2D eigenvalue weighted by molar-refractivity contribution is 7.11. The van der Waals surface area contributed by atoms with E-state index in [4.69, 9.17) is 0 Å². The molecule has 1 aromatic rings. The molecule has 21 heavy (non-hydrogen) atoms. The van der Waals surface area contributed by atoms with E-state index in [9.17, 15) is 4.79 Å². The van der Waals surface area contributed by atoms with Crippen molar-refractivity contribution in [3.05, 3.63) is 16.1 Å². The van der Waals surface area contributed by atoms with Gasteiger partial charge in [0, 0.05) is 37.1 Å². The lowest BCUT2D eigenvalue weighted by molar-refractivity contribution is -0.119. The summed E-state index contributed by atoms with van der Waals surface area (Å²) in [6.45, 7) is 8.30. The van der Waals surface area contributed by atoms with E-state index in [1.54, 1.807) is 11.3 Å². The predicted octanol–water partition coefficient (Wildman–Crippen LogP) is 0.939. The fourth-order valence-corrected chi connectivity index (χ4v) is 2.52. The molecule has 0 aliphatic rings. The van der Waals surface area contributed by atoms with Gasteiger partial charge >= 0.3 is 0 Å². The summed E-state index contributed by atoms with van der Waals surface area (Å²) in [5, 5.41) is 10.2. The summed E-state index contributed by atoms with van der Waals surface area (Å²) >= 11 is 1.75. The lowest BCUT2D eigenvalue weighted by Crippen LogP contribution is -2.39. The maximum atomic E-state index is 11.4. The van der Waals surface area contributed by atoms with E-state index >= 15 is 0 Å². The molecular weight excluding hydrogens is 286 g/mol. The molecule has 0 bridgehead atoms. The molecule has 0 unspecified atom stereocenters. The molecule has 0 aliphatic carbocycles. The molecule has 0 fully saturated rings. The number of hydrogen-bond donors (Lipinski definition) is 3. The number of aliphatic imine (C=N–C) groups is 1. The lowest BCUT2D eigenvalue weighted by Gasteiger charge is -2.10. The zero-order valence-corrected chi connectivity index (χ0v) is 13.8. The number of nitrogens with zero attached hydrogens (tertiary/aromatic N) is 2. The Morgan fingerprint density at radius 1 is 1.24 bits per heavy atom. The van der Waals surface area contributed by atoms with Gasteiger partial charge in [0.2, 0.25) is 5.91 Å². The van der Waals surface area contributed by atoms with Gasteiger partial charge in [-0.05, 0) is 20.3 Å². The van der Waals surface area contributed by atoms with Crippen molar-refractivity contribution in [2.24, 2.45) is 4.99 Å². The summed E-state index contributed by atoms with van der Waals surface area (Å²) in [6, 6.07) is 0. The Bertz CT molecular complexity index is 458. The molecule has 7 heteroatoms. The van der Waals surface area contributed by atoms with Gasteiger partial charge in [-0.2, -0.15) is 0 Å². The molecule has 0 aromatic carbocycles. The molecular formula is C14H25N5OS. The number of thiazole rings is 1. The van der Waals surface area contributed by atoms with E-state index in [-0.39, 0.29) is 12.5 Å². The fourth-order valence-electron chi connectivity index (χ4n) is 1.66. The molecule has 3 N–H and O–H groups in total. The van der Waals surface area contributed by atoms with Gasteiger partial charge in [0.25, 0.3) is 0 Å². The van der Waals surface area contributed by atoms with Crippen LogP contribution >= 0.6 is 11.3 Å². The Morgan fingerprint density at radius 3 is 2.62 bits per heavy atom. The molecule has 0 radical (unpaired) electrons. The van der Waals surface area contributed by atoms with Crippen LogP contribution < -0.4 is 16.0 Å². The number of hydrogen-bond acceptors (Lipinski definition) is 4. The van der Waals surface area contributed by atoms with Gasteiger partial charge in [0.15, 0.2) is 5.96 Å². The Kier molecular flexibility index (Phi) is 8.42. The highest BCUT2D eigenvalue weighted by atomic mass is 32.1. The predicted molar refractivity (Wildman–Crippen MR) is 87.9 cm³/mol. The van der Waals surface area contributed by atoms with Crippen molar-refractivity contribution in [3.8, 4) is 0 Å². The zero-order valence-electron chi connectivity index (χ0n) is 13.0. The number of amides is 1. The van der Waals surface area contributed by atoms with Crippen molar-refractivity contribution < 1.29 is 4.79 Å². The summed E-state index contributed by atoms with van der Waals surface area (Å²) in [5.74, 6) is 0.596. The van der Waals surface area contributed by atoms with Crippen molar-refractivity contribution in [1.29, 1.82) is 0 Å². The van der Waals surface area contributed by atoms with Gasteiger partial charge in [-0.3, -0.25) is 4.79 Å². The molecule has 0 atom stereocenters. The minimum absolute atomic E-state index is 0.0674. The van der Waals surface area contributed by atoms with E-state index in [2.05, 4.69) is 32.9 Å². The first kappa shape index (κ1) is 17.4. The summed E-state index contributed by atoms with van der Waals surface area (Å²) in [6.07, 6.45) is 3.83.